The Morgan fingerprint density at radius 3 is 2.89 bits per heavy atom. The van der Waals surface area contributed by atoms with E-state index in [9.17, 15) is 9.59 Å². The number of ether oxygens (including phenoxy) is 1. The van der Waals surface area contributed by atoms with E-state index in [1.54, 1.807) is 24.0 Å². The molecule has 1 aromatic rings. The standard InChI is InChI=1S/C10H17N5O3/c1-8(13-10(17)18-2)9(16)11-4-3-6-15-7-5-12-14-15/h5,7-8H,3-4,6H2,1-2H3,(H,11,16)(H,13,17)/t8-/m1/s1. The molecule has 2 N–H and O–H groups in total. The van der Waals surface area contributed by atoms with Crippen LogP contribution in [0.5, 0.6) is 0 Å². The second kappa shape index (κ2) is 7.25. The molecule has 8 nitrogen and oxygen atoms in total. The highest BCUT2D eigenvalue weighted by molar-refractivity contribution is 5.85. The van der Waals surface area contributed by atoms with Crippen molar-refractivity contribution in [2.75, 3.05) is 13.7 Å². The Bertz CT molecular complexity index is 379. The Hall–Kier alpha value is -2.12. The van der Waals surface area contributed by atoms with Gasteiger partial charge in [-0.3, -0.25) is 9.48 Å². The van der Waals surface area contributed by atoms with Gasteiger partial charge in [0.15, 0.2) is 0 Å². The number of aromatic nitrogens is 3. The van der Waals surface area contributed by atoms with E-state index in [0.29, 0.717) is 13.1 Å². The van der Waals surface area contributed by atoms with E-state index in [0.717, 1.165) is 6.42 Å². The lowest BCUT2D eigenvalue weighted by atomic mass is 10.3. The maximum absolute atomic E-state index is 11.5. The molecule has 0 aromatic carbocycles. The number of rotatable bonds is 6. The van der Waals surface area contributed by atoms with Crippen LogP contribution in [0.2, 0.25) is 0 Å². The van der Waals surface area contributed by atoms with Crippen LogP contribution in [0.4, 0.5) is 4.79 Å². The molecule has 0 bridgehead atoms. The molecule has 18 heavy (non-hydrogen) atoms. The molecule has 8 heteroatoms. The lowest BCUT2D eigenvalue weighted by Gasteiger charge is -2.12. The minimum absolute atomic E-state index is 0.251. The fourth-order valence-electron chi connectivity index (χ4n) is 1.26. The van der Waals surface area contributed by atoms with Crippen LogP contribution < -0.4 is 10.6 Å². The van der Waals surface area contributed by atoms with Crippen LogP contribution in [0.1, 0.15) is 13.3 Å². The zero-order valence-corrected chi connectivity index (χ0v) is 10.4. The van der Waals surface area contributed by atoms with Gasteiger partial charge in [-0.25, -0.2) is 4.79 Å². The smallest absolute Gasteiger partial charge is 0.407 e. The van der Waals surface area contributed by atoms with Gasteiger partial charge in [0.2, 0.25) is 5.91 Å². The van der Waals surface area contributed by atoms with E-state index in [1.165, 1.54) is 7.11 Å². The summed E-state index contributed by atoms with van der Waals surface area (Å²) in [4.78, 5) is 22.4. The van der Waals surface area contributed by atoms with Crippen LogP contribution in [-0.2, 0) is 16.1 Å². The Morgan fingerprint density at radius 1 is 1.50 bits per heavy atom. The number of aryl methyl sites for hydroxylation is 1. The van der Waals surface area contributed by atoms with Gasteiger partial charge < -0.3 is 15.4 Å². The number of carbonyl (C=O) groups is 2. The number of hydrogen-bond donors (Lipinski definition) is 2. The molecule has 0 unspecified atom stereocenters. The molecule has 0 saturated heterocycles. The fourth-order valence-corrected chi connectivity index (χ4v) is 1.26. The molecular weight excluding hydrogens is 238 g/mol. The van der Waals surface area contributed by atoms with Gasteiger partial charge in [-0.15, -0.1) is 5.10 Å². The summed E-state index contributed by atoms with van der Waals surface area (Å²) in [5.41, 5.74) is 0. The molecule has 0 aliphatic rings. The number of nitrogens with zero attached hydrogens (tertiary/aromatic N) is 3. The Kier molecular flexibility index (Phi) is 5.62. The van der Waals surface area contributed by atoms with Gasteiger partial charge in [0.1, 0.15) is 6.04 Å². The SMILES string of the molecule is COC(=O)N[C@H](C)C(=O)NCCCn1ccnn1. The van der Waals surface area contributed by atoms with Crippen molar-refractivity contribution in [1.29, 1.82) is 0 Å². The zero-order valence-electron chi connectivity index (χ0n) is 10.4. The summed E-state index contributed by atoms with van der Waals surface area (Å²) in [6, 6.07) is -0.621. The monoisotopic (exact) mass is 255 g/mol. The van der Waals surface area contributed by atoms with E-state index in [1.807, 2.05) is 0 Å². The number of carbonyl (C=O) groups excluding carboxylic acids is 2. The largest absolute Gasteiger partial charge is 0.453 e. The van der Waals surface area contributed by atoms with Crippen LogP contribution in [0.3, 0.4) is 0 Å². The summed E-state index contributed by atoms with van der Waals surface area (Å²) in [6.45, 7) is 2.77. The lowest BCUT2D eigenvalue weighted by Crippen LogP contribution is -2.45. The molecule has 0 saturated carbocycles. The topological polar surface area (TPSA) is 98.1 Å². The van der Waals surface area contributed by atoms with Crippen molar-refractivity contribution in [3.8, 4) is 0 Å². The van der Waals surface area contributed by atoms with Crippen LogP contribution in [-0.4, -0.2) is 46.7 Å². The van der Waals surface area contributed by atoms with Crippen molar-refractivity contribution in [2.45, 2.75) is 25.9 Å². The molecule has 1 atom stereocenters. The molecular formula is C10H17N5O3. The highest BCUT2D eigenvalue weighted by Crippen LogP contribution is 1.88. The van der Waals surface area contributed by atoms with Gasteiger partial charge in [-0.2, -0.15) is 0 Å². The third kappa shape index (κ3) is 4.81. The van der Waals surface area contributed by atoms with Gasteiger partial charge >= 0.3 is 6.09 Å². The number of nitrogens with one attached hydrogen (secondary N) is 2. The predicted molar refractivity (Wildman–Crippen MR) is 62.7 cm³/mol. The van der Waals surface area contributed by atoms with Crippen molar-refractivity contribution in [1.82, 2.24) is 25.6 Å². The third-order valence-electron chi connectivity index (χ3n) is 2.25. The number of methoxy groups -OCH3 is 1. The van der Waals surface area contributed by atoms with E-state index in [-0.39, 0.29) is 5.91 Å². The molecule has 0 radical (unpaired) electrons. The van der Waals surface area contributed by atoms with Crippen LogP contribution in [0.25, 0.3) is 0 Å². The Balaban J connectivity index is 2.14. The van der Waals surface area contributed by atoms with E-state index >= 15 is 0 Å². The second-order valence-corrected chi connectivity index (χ2v) is 3.67. The van der Waals surface area contributed by atoms with Gasteiger partial charge in [0.25, 0.3) is 0 Å². The van der Waals surface area contributed by atoms with Gasteiger partial charge in [0.05, 0.1) is 13.3 Å². The molecule has 100 valence electrons. The minimum atomic E-state index is -0.625. The van der Waals surface area contributed by atoms with Gasteiger partial charge in [0, 0.05) is 19.3 Å². The summed E-state index contributed by atoms with van der Waals surface area (Å²) in [6.07, 6.45) is 3.46. The summed E-state index contributed by atoms with van der Waals surface area (Å²) < 4.78 is 6.08. The lowest BCUT2D eigenvalue weighted by molar-refractivity contribution is -0.122. The highest BCUT2D eigenvalue weighted by atomic mass is 16.5. The minimum Gasteiger partial charge on any atom is -0.453 e. The second-order valence-electron chi connectivity index (χ2n) is 3.67. The van der Waals surface area contributed by atoms with E-state index < -0.39 is 12.1 Å². The fraction of sp³-hybridized carbons (Fsp3) is 0.600. The van der Waals surface area contributed by atoms with Crippen molar-refractivity contribution < 1.29 is 14.3 Å². The summed E-state index contributed by atoms with van der Waals surface area (Å²) >= 11 is 0. The first-order chi connectivity index (χ1) is 8.63. The summed E-state index contributed by atoms with van der Waals surface area (Å²) in [7, 11) is 1.25. The molecule has 0 aliphatic heterocycles. The van der Waals surface area contributed by atoms with Gasteiger partial charge in [-0.05, 0) is 13.3 Å². The first-order valence-electron chi connectivity index (χ1n) is 5.59. The molecule has 0 spiro atoms. The summed E-state index contributed by atoms with van der Waals surface area (Å²) in [5, 5.41) is 12.6. The molecule has 1 rings (SSSR count). The van der Waals surface area contributed by atoms with E-state index in [4.69, 9.17) is 0 Å². The number of amides is 2. The summed E-state index contributed by atoms with van der Waals surface area (Å²) in [5.74, 6) is -0.251. The van der Waals surface area contributed by atoms with E-state index in [2.05, 4.69) is 25.7 Å². The normalized spacial score (nSPS) is 11.7. The molecule has 0 aliphatic carbocycles. The van der Waals surface area contributed by atoms with Crippen LogP contribution in [0.15, 0.2) is 12.4 Å². The first-order valence-corrected chi connectivity index (χ1v) is 5.59. The van der Waals surface area contributed by atoms with Crippen molar-refractivity contribution in [2.24, 2.45) is 0 Å². The Labute approximate surface area is 105 Å². The average Bonchev–Trinajstić information content (AvgIpc) is 2.87. The first kappa shape index (κ1) is 13.9. The van der Waals surface area contributed by atoms with Crippen LogP contribution in [0, 0.1) is 0 Å². The molecule has 1 aromatic heterocycles. The quantitative estimate of drug-likeness (QED) is 0.669. The predicted octanol–water partition coefficient (Wildman–Crippen LogP) is -0.471. The molecule has 1 heterocycles. The highest BCUT2D eigenvalue weighted by Gasteiger charge is 2.14. The zero-order chi connectivity index (χ0) is 13.4. The van der Waals surface area contributed by atoms with Crippen LogP contribution >= 0.6 is 0 Å². The molecule has 2 amide bonds. The van der Waals surface area contributed by atoms with Gasteiger partial charge in [-0.1, -0.05) is 5.21 Å². The van der Waals surface area contributed by atoms with Crippen molar-refractivity contribution >= 4 is 12.0 Å². The maximum Gasteiger partial charge on any atom is 0.407 e. The number of alkyl carbamates (subject to hydrolysis) is 1. The average molecular weight is 255 g/mol. The van der Waals surface area contributed by atoms with Crippen molar-refractivity contribution in [3.05, 3.63) is 12.4 Å². The Morgan fingerprint density at radius 2 is 2.28 bits per heavy atom. The van der Waals surface area contributed by atoms with Crippen molar-refractivity contribution in [3.63, 3.8) is 0 Å². The maximum atomic E-state index is 11.5. The molecule has 0 fully saturated rings. The number of hydrogen-bond acceptors (Lipinski definition) is 5. The third-order valence-corrected chi connectivity index (χ3v) is 2.25.